The predicted molar refractivity (Wildman–Crippen MR) is 82.0 cm³/mol. The minimum atomic E-state index is -3.21. The van der Waals surface area contributed by atoms with Crippen LogP contribution < -0.4 is 0 Å². The van der Waals surface area contributed by atoms with Gasteiger partial charge in [0.2, 0.25) is 10.0 Å². The van der Waals surface area contributed by atoms with Crippen LogP contribution in [0.1, 0.15) is 24.9 Å². The van der Waals surface area contributed by atoms with Crippen molar-refractivity contribution in [1.29, 1.82) is 5.26 Å². The maximum absolute atomic E-state index is 13.9. The van der Waals surface area contributed by atoms with Gasteiger partial charge in [0.1, 0.15) is 11.9 Å². The average molecular weight is 325 g/mol. The molecule has 0 radical (unpaired) electrons. The fourth-order valence-electron chi connectivity index (χ4n) is 2.67. The molecule has 1 fully saturated rings. The first-order chi connectivity index (χ1) is 10.5. The third-order valence-electron chi connectivity index (χ3n) is 3.82. The zero-order chi connectivity index (χ0) is 16.2. The highest BCUT2D eigenvalue weighted by Crippen LogP contribution is 2.24. The van der Waals surface area contributed by atoms with Crippen LogP contribution in [0.5, 0.6) is 0 Å². The van der Waals surface area contributed by atoms with Crippen LogP contribution in [0.15, 0.2) is 24.3 Å². The van der Waals surface area contributed by atoms with Crippen LogP contribution in [0.2, 0.25) is 0 Å². The van der Waals surface area contributed by atoms with E-state index >= 15 is 0 Å². The first-order valence-electron chi connectivity index (χ1n) is 7.35. The highest BCUT2D eigenvalue weighted by molar-refractivity contribution is 7.89. The molecule has 1 aliphatic rings. The number of benzene rings is 1. The minimum absolute atomic E-state index is 0.141. The van der Waals surface area contributed by atoms with E-state index in [4.69, 9.17) is 0 Å². The van der Waals surface area contributed by atoms with E-state index in [1.54, 1.807) is 18.2 Å². The molecule has 1 aromatic rings. The number of nitrogens with zero attached hydrogens (tertiary/aromatic N) is 3. The van der Waals surface area contributed by atoms with E-state index in [0.29, 0.717) is 38.2 Å². The van der Waals surface area contributed by atoms with Gasteiger partial charge in [0.05, 0.1) is 11.8 Å². The summed E-state index contributed by atoms with van der Waals surface area (Å²) in [5.74, 6) is -0.266. The molecule has 0 spiro atoms. The summed E-state index contributed by atoms with van der Waals surface area (Å²) in [6.07, 6.45) is 0.582. The maximum Gasteiger partial charge on any atom is 0.214 e. The van der Waals surface area contributed by atoms with Crippen molar-refractivity contribution in [1.82, 2.24) is 9.21 Å². The topological polar surface area (TPSA) is 64.4 Å². The number of hydrogen-bond acceptors (Lipinski definition) is 4. The maximum atomic E-state index is 13.9. The first kappa shape index (κ1) is 16.9. The molecule has 120 valence electrons. The molecule has 1 unspecified atom stereocenters. The van der Waals surface area contributed by atoms with Gasteiger partial charge in [-0.3, -0.25) is 4.90 Å². The Morgan fingerprint density at radius 2 is 1.91 bits per heavy atom. The SMILES string of the molecule is CCCS(=O)(=O)N1CCN(C(C#N)c2ccccc2F)CC1. The van der Waals surface area contributed by atoms with Gasteiger partial charge < -0.3 is 0 Å². The lowest BCUT2D eigenvalue weighted by Gasteiger charge is -2.36. The number of halogens is 1. The van der Waals surface area contributed by atoms with E-state index in [2.05, 4.69) is 6.07 Å². The highest BCUT2D eigenvalue weighted by atomic mass is 32.2. The van der Waals surface area contributed by atoms with Crippen LogP contribution >= 0.6 is 0 Å². The molecule has 1 aromatic carbocycles. The Morgan fingerprint density at radius 1 is 1.27 bits per heavy atom. The molecule has 1 saturated heterocycles. The lowest BCUT2D eigenvalue weighted by atomic mass is 10.1. The molecule has 22 heavy (non-hydrogen) atoms. The predicted octanol–water partition coefficient (Wildman–Crippen LogP) is 1.75. The highest BCUT2D eigenvalue weighted by Gasteiger charge is 2.30. The summed E-state index contributed by atoms with van der Waals surface area (Å²) in [6, 6.07) is 7.66. The summed E-state index contributed by atoms with van der Waals surface area (Å²) in [5, 5.41) is 9.38. The zero-order valence-corrected chi connectivity index (χ0v) is 13.4. The Labute approximate surface area is 131 Å². The van der Waals surface area contributed by atoms with Crippen molar-refractivity contribution >= 4 is 10.0 Å². The zero-order valence-electron chi connectivity index (χ0n) is 12.6. The molecular weight excluding hydrogens is 305 g/mol. The van der Waals surface area contributed by atoms with Crippen LogP contribution in [0.3, 0.4) is 0 Å². The van der Waals surface area contributed by atoms with Gasteiger partial charge in [0.15, 0.2) is 0 Å². The first-order valence-corrected chi connectivity index (χ1v) is 8.96. The minimum Gasteiger partial charge on any atom is -0.282 e. The van der Waals surface area contributed by atoms with Gasteiger partial charge in [0, 0.05) is 31.7 Å². The molecule has 2 rings (SSSR count). The Hall–Kier alpha value is -1.49. The van der Waals surface area contributed by atoms with Crippen LogP contribution in [0.25, 0.3) is 0 Å². The normalized spacial score (nSPS) is 18.8. The lowest BCUT2D eigenvalue weighted by molar-refractivity contribution is 0.160. The van der Waals surface area contributed by atoms with Crippen molar-refractivity contribution < 1.29 is 12.8 Å². The fourth-order valence-corrected chi connectivity index (χ4v) is 4.17. The molecule has 0 aromatic heterocycles. The lowest BCUT2D eigenvalue weighted by Crippen LogP contribution is -2.50. The van der Waals surface area contributed by atoms with Gasteiger partial charge in [0.25, 0.3) is 0 Å². The number of piperazine rings is 1. The average Bonchev–Trinajstić information content (AvgIpc) is 2.50. The van der Waals surface area contributed by atoms with Crippen molar-refractivity contribution in [2.45, 2.75) is 19.4 Å². The Bertz CT molecular complexity index is 649. The summed E-state index contributed by atoms with van der Waals surface area (Å²) in [6.45, 7) is 3.37. The second kappa shape index (κ2) is 7.18. The van der Waals surface area contributed by atoms with Crippen LogP contribution in [0, 0.1) is 17.1 Å². The monoisotopic (exact) mass is 325 g/mol. The molecule has 0 bridgehead atoms. The van der Waals surface area contributed by atoms with Gasteiger partial charge >= 0.3 is 0 Å². The summed E-state index contributed by atoms with van der Waals surface area (Å²) in [5.41, 5.74) is 0.342. The van der Waals surface area contributed by atoms with E-state index in [1.807, 2.05) is 11.8 Å². The molecular formula is C15H20FN3O2S. The van der Waals surface area contributed by atoms with E-state index in [0.717, 1.165) is 0 Å². The molecule has 0 saturated carbocycles. The smallest absolute Gasteiger partial charge is 0.214 e. The molecule has 0 amide bonds. The summed E-state index contributed by atoms with van der Waals surface area (Å²) in [4.78, 5) is 1.83. The largest absolute Gasteiger partial charge is 0.282 e. The molecule has 5 nitrogen and oxygen atoms in total. The van der Waals surface area contributed by atoms with Gasteiger partial charge in [-0.15, -0.1) is 0 Å². The molecule has 1 atom stereocenters. The van der Waals surface area contributed by atoms with Crippen molar-refractivity contribution in [3.8, 4) is 6.07 Å². The third-order valence-corrected chi connectivity index (χ3v) is 5.89. The van der Waals surface area contributed by atoms with Crippen molar-refractivity contribution in [2.24, 2.45) is 0 Å². The van der Waals surface area contributed by atoms with Gasteiger partial charge in [-0.05, 0) is 12.5 Å². The van der Waals surface area contributed by atoms with Crippen molar-refractivity contribution in [3.63, 3.8) is 0 Å². The van der Waals surface area contributed by atoms with E-state index in [1.165, 1.54) is 10.4 Å². The van der Waals surface area contributed by atoms with Gasteiger partial charge in [-0.25, -0.2) is 12.8 Å². The molecule has 0 aliphatic carbocycles. The summed E-state index contributed by atoms with van der Waals surface area (Å²) < 4.78 is 39.4. The number of hydrogen-bond donors (Lipinski definition) is 0. The number of sulfonamides is 1. The van der Waals surface area contributed by atoms with Gasteiger partial charge in [-0.1, -0.05) is 25.1 Å². The van der Waals surface area contributed by atoms with Crippen LogP contribution in [-0.2, 0) is 10.0 Å². The van der Waals surface area contributed by atoms with Crippen molar-refractivity contribution in [2.75, 3.05) is 31.9 Å². The number of nitriles is 1. The fraction of sp³-hybridized carbons (Fsp3) is 0.533. The molecule has 0 N–H and O–H groups in total. The quantitative estimate of drug-likeness (QED) is 0.827. The number of rotatable bonds is 5. The van der Waals surface area contributed by atoms with Gasteiger partial charge in [-0.2, -0.15) is 9.57 Å². The molecule has 1 aliphatic heterocycles. The van der Waals surface area contributed by atoms with E-state index in [9.17, 15) is 18.1 Å². The summed E-state index contributed by atoms with van der Waals surface area (Å²) >= 11 is 0. The van der Waals surface area contributed by atoms with Crippen LogP contribution in [-0.4, -0.2) is 49.6 Å². The standard InChI is InChI=1S/C15H20FN3O2S/c1-2-11-22(20,21)19-9-7-18(8-10-19)15(12-17)13-5-3-4-6-14(13)16/h3-6,15H,2,7-11H2,1H3. The second-order valence-corrected chi connectivity index (χ2v) is 7.39. The third kappa shape index (κ3) is 3.64. The second-order valence-electron chi connectivity index (χ2n) is 5.30. The summed E-state index contributed by atoms with van der Waals surface area (Å²) in [7, 11) is -3.21. The van der Waals surface area contributed by atoms with Crippen molar-refractivity contribution in [3.05, 3.63) is 35.6 Å². The molecule has 1 heterocycles. The van der Waals surface area contributed by atoms with E-state index < -0.39 is 21.9 Å². The Balaban J connectivity index is 2.08. The Kier molecular flexibility index (Phi) is 5.51. The molecule has 7 heteroatoms. The Morgan fingerprint density at radius 3 is 2.45 bits per heavy atom. The van der Waals surface area contributed by atoms with Crippen LogP contribution in [0.4, 0.5) is 4.39 Å². The van der Waals surface area contributed by atoms with E-state index in [-0.39, 0.29) is 5.75 Å².